The SMILES string of the molecule is O=C(NC1CS(=O)(=O)C1)[C@H]1C[C@H]2OCC[C@H]2N(Cc2c[nH]c3ccc(F)cc23)C1.O=C(O)C(F)(F)F. The number of nitrogens with one attached hydrogen (secondary N) is 2. The molecule has 198 valence electrons. The smallest absolute Gasteiger partial charge is 0.475 e. The molecule has 3 N–H and O–H groups in total. The highest BCUT2D eigenvalue weighted by Crippen LogP contribution is 2.34. The summed E-state index contributed by atoms with van der Waals surface area (Å²) in [5.41, 5.74) is 1.88. The molecule has 1 aromatic heterocycles. The van der Waals surface area contributed by atoms with Crippen LogP contribution < -0.4 is 5.32 Å². The number of aromatic amines is 1. The number of hydrogen-bond donors (Lipinski definition) is 3. The Morgan fingerprint density at radius 1 is 1.25 bits per heavy atom. The Morgan fingerprint density at radius 3 is 2.58 bits per heavy atom. The van der Waals surface area contributed by atoms with Gasteiger partial charge in [-0.05, 0) is 36.6 Å². The number of ether oxygens (including phenoxy) is 1. The lowest BCUT2D eigenvalue weighted by molar-refractivity contribution is -0.192. The quantitative estimate of drug-likeness (QED) is 0.510. The average molecular weight is 536 g/mol. The maximum absolute atomic E-state index is 13.7. The average Bonchev–Trinajstić information content (AvgIpc) is 3.39. The predicted octanol–water partition coefficient (Wildman–Crippen LogP) is 1.83. The van der Waals surface area contributed by atoms with Crippen molar-refractivity contribution in [2.75, 3.05) is 24.7 Å². The summed E-state index contributed by atoms with van der Waals surface area (Å²) >= 11 is 0. The van der Waals surface area contributed by atoms with Gasteiger partial charge in [-0.1, -0.05) is 0 Å². The number of piperidine rings is 1. The molecule has 2 aromatic rings. The van der Waals surface area contributed by atoms with Crippen LogP contribution in [0.15, 0.2) is 24.4 Å². The Hall–Kier alpha value is -2.71. The van der Waals surface area contributed by atoms with Crippen LogP contribution in [0, 0.1) is 11.7 Å². The molecule has 3 atom stereocenters. The number of carbonyl (C=O) groups is 2. The second kappa shape index (κ2) is 9.98. The molecule has 0 spiro atoms. The fraction of sp³-hybridized carbons (Fsp3) is 0.545. The van der Waals surface area contributed by atoms with Crippen molar-refractivity contribution >= 4 is 32.6 Å². The number of H-pyrrole nitrogens is 1. The molecule has 0 radical (unpaired) electrons. The molecular weight excluding hydrogens is 510 g/mol. The van der Waals surface area contributed by atoms with Crippen molar-refractivity contribution in [3.05, 3.63) is 35.8 Å². The molecule has 9 nitrogen and oxygen atoms in total. The summed E-state index contributed by atoms with van der Waals surface area (Å²) in [6.07, 6.45) is -1.63. The number of hydrogen-bond acceptors (Lipinski definition) is 6. The molecule has 3 aliphatic heterocycles. The van der Waals surface area contributed by atoms with Crippen LogP contribution >= 0.6 is 0 Å². The summed E-state index contributed by atoms with van der Waals surface area (Å²) in [7, 11) is -2.97. The monoisotopic (exact) mass is 535 g/mol. The summed E-state index contributed by atoms with van der Waals surface area (Å²) < 4.78 is 74.1. The van der Waals surface area contributed by atoms with E-state index >= 15 is 0 Å². The predicted molar refractivity (Wildman–Crippen MR) is 119 cm³/mol. The number of fused-ring (bicyclic) bond motifs is 2. The van der Waals surface area contributed by atoms with E-state index in [4.69, 9.17) is 14.6 Å². The van der Waals surface area contributed by atoms with Crippen molar-refractivity contribution in [3.63, 3.8) is 0 Å². The van der Waals surface area contributed by atoms with Gasteiger partial charge in [0, 0.05) is 42.8 Å². The number of rotatable bonds is 4. The van der Waals surface area contributed by atoms with Gasteiger partial charge in [0.05, 0.1) is 29.6 Å². The minimum atomic E-state index is -5.08. The van der Waals surface area contributed by atoms with E-state index < -0.39 is 22.0 Å². The largest absolute Gasteiger partial charge is 0.490 e. The molecule has 3 saturated heterocycles. The zero-order valence-electron chi connectivity index (χ0n) is 18.9. The van der Waals surface area contributed by atoms with Gasteiger partial charge in [-0.25, -0.2) is 17.6 Å². The first kappa shape index (κ1) is 26.4. The number of alkyl halides is 3. The Morgan fingerprint density at radius 2 is 1.94 bits per heavy atom. The molecular formula is C22H25F4N3O6S. The van der Waals surface area contributed by atoms with E-state index in [1.54, 1.807) is 6.07 Å². The summed E-state index contributed by atoms with van der Waals surface area (Å²) in [5, 5.41) is 10.9. The normalized spacial score (nSPS) is 25.9. The Balaban J connectivity index is 0.000000384. The van der Waals surface area contributed by atoms with E-state index in [0.717, 1.165) is 22.9 Å². The van der Waals surface area contributed by atoms with Gasteiger partial charge in [-0.15, -0.1) is 0 Å². The van der Waals surface area contributed by atoms with E-state index in [1.165, 1.54) is 12.1 Å². The number of amides is 1. The molecule has 0 aliphatic carbocycles. The van der Waals surface area contributed by atoms with Crippen LogP contribution in [0.1, 0.15) is 18.4 Å². The van der Waals surface area contributed by atoms with Crippen LogP contribution in [0.4, 0.5) is 17.6 Å². The van der Waals surface area contributed by atoms with Crippen molar-refractivity contribution in [2.24, 2.45) is 5.92 Å². The van der Waals surface area contributed by atoms with Gasteiger partial charge in [-0.2, -0.15) is 13.2 Å². The Bertz CT molecular complexity index is 1240. The maximum Gasteiger partial charge on any atom is 0.490 e. The second-order valence-electron chi connectivity index (χ2n) is 9.22. The fourth-order valence-electron chi connectivity index (χ4n) is 4.89. The van der Waals surface area contributed by atoms with Crippen molar-refractivity contribution in [2.45, 2.75) is 43.8 Å². The molecule has 1 amide bonds. The third-order valence-electron chi connectivity index (χ3n) is 6.59. The lowest BCUT2D eigenvalue weighted by Crippen LogP contribution is -2.57. The third-order valence-corrected chi connectivity index (χ3v) is 8.41. The van der Waals surface area contributed by atoms with Crippen LogP contribution in [-0.2, 0) is 30.7 Å². The van der Waals surface area contributed by atoms with E-state index in [-0.39, 0.29) is 47.3 Å². The molecule has 0 saturated carbocycles. The van der Waals surface area contributed by atoms with Crippen molar-refractivity contribution < 1.29 is 45.4 Å². The van der Waals surface area contributed by atoms with Gasteiger partial charge < -0.3 is 20.1 Å². The van der Waals surface area contributed by atoms with E-state index in [0.29, 0.717) is 26.1 Å². The lowest BCUT2D eigenvalue weighted by atomic mass is 9.89. The first-order valence-electron chi connectivity index (χ1n) is 11.2. The number of aliphatic carboxylic acids is 1. The highest BCUT2D eigenvalue weighted by molar-refractivity contribution is 7.92. The van der Waals surface area contributed by atoms with Gasteiger partial charge in [0.25, 0.3) is 0 Å². The van der Waals surface area contributed by atoms with E-state index in [2.05, 4.69) is 15.2 Å². The van der Waals surface area contributed by atoms with Crippen molar-refractivity contribution in [3.8, 4) is 0 Å². The molecule has 36 heavy (non-hydrogen) atoms. The maximum atomic E-state index is 13.7. The highest BCUT2D eigenvalue weighted by Gasteiger charge is 2.44. The fourth-order valence-corrected chi connectivity index (χ4v) is 6.19. The zero-order valence-corrected chi connectivity index (χ0v) is 19.7. The van der Waals surface area contributed by atoms with Gasteiger partial charge in [0.2, 0.25) is 5.91 Å². The topological polar surface area (TPSA) is 129 Å². The third kappa shape index (κ3) is 5.98. The highest BCUT2D eigenvalue weighted by atomic mass is 32.2. The van der Waals surface area contributed by atoms with E-state index in [9.17, 15) is 30.8 Å². The van der Waals surface area contributed by atoms with Gasteiger partial charge >= 0.3 is 12.1 Å². The summed E-state index contributed by atoms with van der Waals surface area (Å²) in [6.45, 7) is 1.86. The molecule has 1 aromatic carbocycles. The molecule has 0 unspecified atom stereocenters. The zero-order chi connectivity index (χ0) is 26.3. The lowest BCUT2D eigenvalue weighted by Gasteiger charge is -2.41. The van der Waals surface area contributed by atoms with Gasteiger partial charge in [0.15, 0.2) is 9.84 Å². The number of carbonyl (C=O) groups excluding carboxylic acids is 1. The number of nitrogens with zero attached hydrogens (tertiary/aromatic N) is 1. The number of aromatic nitrogens is 1. The van der Waals surface area contributed by atoms with Crippen LogP contribution in [0.5, 0.6) is 0 Å². The molecule has 3 aliphatic rings. The van der Waals surface area contributed by atoms with Crippen molar-refractivity contribution in [1.29, 1.82) is 0 Å². The summed E-state index contributed by atoms with van der Waals surface area (Å²) in [6, 6.07) is 4.66. The molecule has 4 heterocycles. The molecule has 0 bridgehead atoms. The number of benzene rings is 1. The molecule has 3 fully saturated rings. The van der Waals surface area contributed by atoms with Gasteiger partial charge in [0.1, 0.15) is 5.82 Å². The van der Waals surface area contributed by atoms with E-state index in [1.807, 2.05) is 6.20 Å². The molecule has 5 rings (SSSR count). The van der Waals surface area contributed by atoms with Crippen LogP contribution in [-0.4, -0.2) is 84.3 Å². The van der Waals surface area contributed by atoms with Crippen LogP contribution in [0.3, 0.4) is 0 Å². The van der Waals surface area contributed by atoms with Crippen LogP contribution in [0.25, 0.3) is 10.9 Å². The molecule has 14 heteroatoms. The number of carboxylic acids is 1. The van der Waals surface area contributed by atoms with Crippen molar-refractivity contribution in [1.82, 2.24) is 15.2 Å². The van der Waals surface area contributed by atoms with Gasteiger partial charge in [-0.3, -0.25) is 9.69 Å². The minimum Gasteiger partial charge on any atom is -0.475 e. The number of sulfone groups is 1. The second-order valence-corrected chi connectivity index (χ2v) is 11.4. The standard InChI is InChI=1S/C20H24FN3O4S.C2HF3O2/c21-14-1-2-17-16(6-14)13(7-22-17)9-24-8-12(5-19-18(24)3-4-28-19)20(25)23-15-10-29(26,27)11-15;3-2(4,5)1(6)7/h1-2,6-7,12,15,18-19,22H,3-5,8-11H2,(H,23,25);(H,6,7)/t12-,18+,19+;/m0./s1. The Labute approximate surface area is 203 Å². The number of likely N-dealkylation sites (tertiary alicyclic amines) is 1. The van der Waals surface area contributed by atoms with Crippen LogP contribution in [0.2, 0.25) is 0 Å². The Kier molecular flexibility index (Phi) is 7.30. The summed E-state index contributed by atoms with van der Waals surface area (Å²) in [4.78, 5) is 27.1. The first-order valence-corrected chi connectivity index (χ1v) is 13.1. The summed E-state index contributed by atoms with van der Waals surface area (Å²) in [5.74, 6) is -3.33. The number of halogens is 4. The first-order chi connectivity index (χ1) is 16.8. The minimum absolute atomic E-state index is 0.00781. The number of carboxylic acid groups (broad SMARTS) is 1.